The summed E-state index contributed by atoms with van der Waals surface area (Å²) in [5.74, 6) is 0. The van der Waals surface area contributed by atoms with E-state index >= 15 is 0 Å². The van der Waals surface area contributed by atoms with E-state index in [2.05, 4.69) is 48.3 Å². The first-order valence-electron chi connectivity index (χ1n) is 9.54. The molecule has 2 aromatic heterocycles. The fourth-order valence-electron chi connectivity index (χ4n) is 3.14. The van der Waals surface area contributed by atoms with Gasteiger partial charge in [-0.05, 0) is 49.9 Å². The summed E-state index contributed by atoms with van der Waals surface area (Å²) in [6.07, 6.45) is 14.5. The molecule has 2 saturated heterocycles. The van der Waals surface area contributed by atoms with Crippen LogP contribution >= 0.6 is 19.4 Å². The fourth-order valence-corrected chi connectivity index (χ4v) is 4.43. The molecule has 0 spiro atoms. The number of halogens is 2. The maximum atomic E-state index is 5.34. The molecule has 4 rings (SSSR count). The van der Waals surface area contributed by atoms with E-state index in [1.54, 1.807) is 6.08 Å². The molecule has 4 heterocycles. The van der Waals surface area contributed by atoms with Crippen molar-refractivity contribution in [1.82, 2.24) is 9.97 Å². The van der Waals surface area contributed by atoms with Crippen LogP contribution in [-0.2, 0) is 13.5 Å². The van der Waals surface area contributed by atoms with Crippen molar-refractivity contribution in [2.45, 2.75) is 32.6 Å². The van der Waals surface area contributed by atoms with Gasteiger partial charge in [0.25, 0.3) is 0 Å². The van der Waals surface area contributed by atoms with E-state index < -0.39 is 13.5 Å². The van der Waals surface area contributed by atoms with Crippen molar-refractivity contribution in [1.29, 1.82) is 0 Å². The van der Waals surface area contributed by atoms with Crippen LogP contribution in [0.15, 0.2) is 55.1 Å². The number of rotatable bonds is 2. The van der Waals surface area contributed by atoms with Gasteiger partial charge in [-0.15, -0.1) is 0 Å². The van der Waals surface area contributed by atoms with Crippen molar-refractivity contribution in [2.75, 3.05) is 36.0 Å². The molecule has 0 atom stereocenters. The van der Waals surface area contributed by atoms with E-state index in [1.165, 1.54) is 63.2 Å². The Labute approximate surface area is 189 Å². The van der Waals surface area contributed by atoms with Gasteiger partial charge in [0.05, 0.1) is 0 Å². The van der Waals surface area contributed by atoms with E-state index in [4.69, 9.17) is 19.4 Å². The molecule has 2 aromatic rings. The Morgan fingerprint density at radius 2 is 1.14 bits per heavy atom. The zero-order valence-corrected chi connectivity index (χ0v) is 20.5. The van der Waals surface area contributed by atoms with Gasteiger partial charge >= 0.3 is 50.2 Å². The van der Waals surface area contributed by atoms with Crippen LogP contribution in [-0.4, -0.2) is 40.4 Å². The van der Waals surface area contributed by atoms with Gasteiger partial charge in [-0.25, -0.2) is 0 Å². The second kappa shape index (κ2) is 15.6. The van der Waals surface area contributed by atoms with Crippen LogP contribution in [0.1, 0.15) is 32.6 Å². The van der Waals surface area contributed by atoms with Crippen LogP contribution < -0.4 is 9.80 Å². The molecule has 2 aliphatic heterocycles. The van der Waals surface area contributed by atoms with Crippen LogP contribution in [0.4, 0.5) is 11.4 Å². The third-order valence-electron chi connectivity index (χ3n) is 4.45. The minimum Gasteiger partial charge on any atom is -0.371 e. The summed E-state index contributed by atoms with van der Waals surface area (Å²) in [6, 6.07) is 8.30. The van der Waals surface area contributed by atoms with Gasteiger partial charge in [0.2, 0.25) is 0 Å². The van der Waals surface area contributed by atoms with Crippen LogP contribution in [0.2, 0.25) is 0 Å². The molecule has 0 unspecified atom stereocenters. The minimum atomic E-state index is -1.57. The Balaban J connectivity index is 0.000000225. The molecule has 162 valence electrons. The zero-order chi connectivity index (χ0) is 20.0. The Morgan fingerprint density at radius 1 is 0.793 bits per heavy atom. The monoisotopic (exact) mass is 523 g/mol. The van der Waals surface area contributed by atoms with Crippen molar-refractivity contribution >= 4 is 35.0 Å². The summed E-state index contributed by atoms with van der Waals surface area (Å²) in [6.45, 7) is 6.70. The molecular formula is C22H31Cl2N4Ru-. The molecule has 4 nitrogen and oxygen atoms in total. The van der Waals surface area contributed by atoms with Crippen molar-refractivity contribution in [3.05, 3.63) is 62.6 Å². The Bertz CT molecular complexity index is 669. The predicted molar refractivity (Wildman–Crippen MR) is 125 cm³/mol. The number of nitrogens with zero attached hydrogens (tertiary/aromatic N) is 4. The van der Waals surface area contributed by atoms with Crippen molar-refractivity contribution in [3.8, 4) is 0 Å². The first-order chi connectivity index (χ1) is 13.7. The fraction of sp³-hybridized carbons (Fsp3) is 0.409. The maximum Gasteiger partial charge on any atom is 0.0397 e. The first kappa shape index (κ1) is 25.8. The molecule has 0 saturated carbocycles. The van der Waals surface area contributed by atoms with Gasteiger partial charge in [-0.2, -0.15) is 0 Å². The van der Waals surface area contributed by atoms with Crippen LogP contribution in [0, 0.1) is 7.43 Å². The number of hydrogen-bond donors (Lipinski definition) is 0. The van der Waals surface area contributed by atoms with Gasteiger partial charge < -0.3 is 17.2 Å². The van der Waals surface area contributed by atoms with E-state index in [9.17, 15) is 0 Å². The molecular weight excluding hydrogens is 492 g/mol. The van der Waals surface area contributed by atoms with Gasteiger partial charge in [0.15, 0.2) is 0 Å². The van der Waals surface area contributed by atoms with E-state index in [-0.39, 0.29) is 7.43 Å². The topological polar surface area (TPSA) is 32.3 Å². The van der Waals surface area contributed by atoms with Crippen LogP contribution in [0.5, 0.6) is 0 Å². The van der Waals surface area contributed by atoms with Gasteiger partial charge in [0, 0.05) is 62.3 Å². The second-order valence-corrected chi connectivity index (χ2v) is 11.8. The number of hydrogen-bond acceptors (Lipinski definition) is 4. The Kier molecular flexibility index (Phi) is 13.9. The van der Waals surface area contributed by atoms with E-state index in [1.807, 2.05) is 31.7 Å². The number of allylic oxidation sites excluding steroid dienone is 1. The van der Waals surface area contributed by atoms with E-state index in [0.29, 0.717) is 0 Å². The molecule has 7 heteroatoms. The average molecular weight is 523 g/mol. The quantitative estimate of drug-likeness (QED) is 0.373. The number of pyridine rings is 2. The van der Waals surface area contributed by atoms with Crippen molar-refractivity contribution in [3.63, 3.8) is 0 Å². The maximum absolute atomic E-state index is 5.34. The molecule has 0 N–H and O–H groups in total. The Morgan fingerprint density at radius 3 is 1.38 bits per heavy atom. The molecule has 0 radical (unpaired) electrons. The molecule has 0 aromatic carbocycles. The largest absolute Gasteiger partial charge is 0.371 e. The molecule has 2 fully saturated rings. The van der Waals surface area contributed by atoms with Crippen LogP contribution in [0.3, 0.4) is 0 Å². The van der Waals surface area contributed by atoms with E-state index in [0.717, 1.165) is 0 Å². The minimum absolute atomic E-state index is 0. The SMILES string of the molecule is CC=[C]=[Ru]([Cl])[Cl].[CH3-].c1cc(N2CCCC2)ccn1.c1cc(N2CCCC2)ccn1. The van der Waals surface area contributed by atoms with Crippen molar-refractivity contribution < 1.29 is 13.5 Å². The molecule has 0 amide bonds. The van der Waals surface area contributed by atoms with Gasteiger partial charge in [0.1, 0.15) is 0 Å². The summed E-state index contributed by atoms with van der Waals surface area (Å²) >= 11 is -1.57. The number of anilines is 2. The average Bonchev–Trinajstić information content (AvgIpc) is 3.45. The summed E-state index contributed by atoms with van der Waals surface area (Å²) in [5.41, 5.74) is 2.63. The molecule has 0 bridgehead atoms. The van der Waals surface area contributed by atoms with Gasteiger partial charge in [-0.1, -0.05) is 0 Å². The molecule has 0 aliphatic carbocycles. The first-order valence-corrected chi connectivity index (χ1v) is 14.9. The normalized spacial score (nSPS) is 15.1. The standard InChI is InChI=1S/2C9H12N2.C3H4.CH3.2ClH.Ru/c2*1-2-8-11(7-1)9-3-5-10-6-4-9;1-3-2;;;;/h2*3-6H,1-2,7-8H2;3H,1H3;1H3;2*1H;/q;;;-1;;;+2/p-2. The summed E-state index contributed by atoms with van der Waals surface area (Å²) in [5, 5.41) is 0. The summed E-state index contributed by atoms with van der Waals surface area (Å²) in [4.78, 5) is 12.8. The van der Waals surface area contributed by atoms with Crippen LogP contribution in [0.25, 0.3) is 0 Å². The molecule has 29 heavy (non-hydrogen) atoms. The number of aromatic nitrogens is 2. The summed E-state index contributed by atoms with van der Waals surface area (Å²) in [7, 11) is 10.7. The Hall–Kier alpha value is -1.25. The van der Waals surface area contributed by atoms with Gasteiger partial charge in [-0.3, -0.25) is 9.97 Å². The molecule has 2 aliphatic rings. The summed E-state index contributed by atoms with van der Waals surface area (Å²) < 4.78 is 2.76. The smallest absolute Gasteiger partial charge is 0.0397 e. The third kappa shape index (κ3) is 10.4. The third-order valence-corrected chi connectivity index (χ3v) is 6.24. The zero-order valence-electron chi connectivity index (χ0n) is 17.3. The van der Waals surface area contributed by atoms with Crippen molar-refractivity contribution in [2.24, 2.45) is 0 Å². The second-order valence-electron chi connectivity index (χ2n) is 6.37. The predicted octanol–water partition coefficient (Wildman–Crippen LogP) is 5.70.